The molecular weight excluding hydrogens is 574 g/mol. The molecule has 0 unspecified atom stereocenters. The predicted octanol–water partition coefficient (Wildman–Crippen LogP) is 5.53. The normalized spacial score (nSPS) is 24.0. The van der Waals surface area contributed by atoms with Gasteiger partial charge in [0.1, 0.15) is 5.75 Å². The summed E-state index contributed by atoms with van der Waals surface area (Å²) in [4.78, 5) is 4.15. The van der Waals surface area contributed by atoms with Gasteiger partial charge in [0.15, 0.2) is 11.5 Å². The molecule has 9 nitrogen and oxygen atoms in total. The van der Waals surface area contributed by atoms with Crippen LogP contribution in [0, 0.1) is 11.8 Å². The summed E-state index contributed by atoms with van der Waals surface area (Å²) < 4.78 is 12.4. The summed E-state index contributed by atoms with van der Waals surface area (Å²) in [5.41, 5.74) is 4.18. The molecule has 2 heterocycles. The van der Waals surface area contributed by atoms with E-state index in [2.05, 4.69) is 24.9 Å². The standard InChI is InChI=1S/C36H48NO8/c1-20(2)13-24(5-4-12-38)26-15-22(7-9-29(26)40)23-6-8-25-30(41)17-32(45-31(25)16-23)33-27(14-21-10-11-37-18-21)36(44-3)35(43)34(42)28(33)19-39/h7,9-11,15,18,20,23-25,30-32,38-43H,4-6,8,12-14,16-17,19H2,1-3H3/q-1/t23-,24+,25+,30-,31-,32-/m0/s1. The highest BCUT2D eigenvalue weighted by molar-refractivity contribution is 5.64. The number of methoxy groups -OCH3 is 1. The van der Waals surface area contributed by atoms with E-state index in [1.165, 1.54) is 7.11 Å². The topological polar surface area (TPSA) is 154 Å². The van der Waals surface area contributed by atoms with Crippen molar-refractivity contribution in [3.63, 3.8) is 0 Å². The first-order chi connectivity index (χ1) is 21.7. The molecule has 0 bridgehead atoms. The third-order valence-corrected chi connectivity index (χ3v) is 9.89. The van der Waals surface area contributed by atoms with Crippen molar-refractivity contribution in [2.45, 2.75) is 102 Å². The van der Waals surface area contributed by atoms with Gasteiger partial charge in [-0.1, -0.05) is 37.6 Å². The van der Waals surface area contributed by atoms with Crippen LogP contribution in [0.3, 0.4) is 0 Å². The summed E-state index contributed by atoms with van der Waals surface area (Å²) in [6.07, 6.45) is 7.16. The zero-order chi connectivity index (χ0) is 32.2. The average Bonchev–Trinajstić information content (AvgIpc) is 3.54. The third kappa shape index (κ3) is 6.97. The van der Waals surface area contributed by atoms with Crippen LogP contribution in [0.15, 0.2) is 36.7 Å². The van der Waals surface area contributed by atoms with Crippen molar-refractivity contribution in [1.82, 2.24) is 4.98 Å². The van der Waals surface area contributed by atoms with Gasteiger partial charge in [0, 0.05) is 30.1 Å². The number of benzene rings is 2. The molecule has 1 saturated heterocycles. The molecule has 3 aromatic rings. The molecule has 1 aliphatic heterocycles. The number of ether oxygens (including phenoxy) is 2. The minimum atomic E-state index is -0.652. The minimum absolute atomic E-state index is 0.0553. The largest absolute Gasteiger partial charge is 0.670 e. The van der Waals surface area contributed by atoms with Crippen molar-refractivity contribution in [2.24, 2.45) is 11.8 Å². The second kappa shape index (κ2) is 14.5. The van der Waals surface area contributed by atoms with Gasteiger partial charge in [-0.25, -0.2) is 0 Å². The van der Waals surface area contributed by atoms with E-state index in [1.807, 2.05) is 12.1 Å². The van der Waals surface area contributed by atoms with Crippen LogP contribution in [0.25, 0.3) is 0 Å². The van der Waals surface area contributed by atoms with Gasteiger partial charge in [0.2, 0.25) is 5.75 Å². The SMILES string of the molecule is COc1c(O)c(O)c(CO)c([C@@H]2C[C@H](O)[C@H]3CC[C@H](c4ccc(O)c([C@H](CCCO)CC(C)C)c4)C[C@@H]3O2)c1Cc1cc[n-]c1. The second-order valence-electron chi connectivity index (χ2n) is 13.3. The fraction of sp³-hybridized carbons (Fsp3) is 0.556. The average molecular weight is 623 g/mol. The van der Waals surface area contributed by atoms with Crippen molar-refractivity contribution in [2.75, 3.05) is 13.7 Å². The first-order valence-electron chi connectivity index (χ1n) is 16.2. The number of nitrogens with zero attached hydrogens (tertiary/aromatic N) is 1. The Labute approximate surface area is 265 Å². The Hall–Kier alpha value is -3.24. The van der Waals surface area contributed by atoms with Gasteiger partial charge in [0.25, 0.3) is 0 Å². The van der Waals surface area contributed by atoms with Gasteiger partial charge >= 0.3 is 0 Å². The summed E-state index contributed by atoms with van der Waals surface area (Å²) in [6.45, 7) is 3.94. The molecule has 2 fully saturated rings. The number of fused-ring (bicyclic) bond motifs is 1. The second-order valence-corrected chi connectivity index (χ2v) is 13.3. The van der Waals surface area contributed by atoms with E-state index < -0.39 is 30.3 Å². The van der Waals surface area contributed by atoms with Crippen LogP contribution in [0.2, 0.25) is 0 Å². The molecule has 45 heavy (non-hydrogen) atoms. The number of rotatable bonds is 12. The predicted molar refractivity (Wildman–Crippen MR) is 170 cm³/mol. The lowest BCUT2D eigenvalue weighted by Gasteiger charge is -2.45. The number of hydrogen-bond donors (Lipinski definition) is 6. The molecule has 5 rings (SSSR count). The van der Waals surface area contributed by atoms with Gasteiger partial charge in [-0.3, -0.25) is 0 Å². The smallest absolute Gasteiger partial charge is 0.201 e. The van der Waals surface area contributed by atoms with Crippen LogP contribution in [-0.4, -0.2) is 56.6 Å². The first-order valence-corrected chi connectivity index (χ1v) is 16.2. The Morgan fingerprint density at radius 2 is 1.82 bits per heavy atom. The third-order valence-electron chi connectivity index (χ3n) is 9.89. The van der Waals surface area contributed by atoms with Crippen LogP contribution >= 0.6 is 0 Å². The van der Waals surface area contributed by atoms with Crippen molar-refractivity contribution in [3.8, 4) is 23.0 Å². The Balaban J connectivity index is 1.46. The summed E-state index contributed by atoms with van der Waals surface area (Å²) in [7, 11) is 1.42. The van der Waals surface area contributed by atoms with Gasteiger partial charge < -0.3 is 45.1 Å². The molecule has 0 amide bonds. The number of aliphatic hydroxyl groups excluding tert-OH is 3. The van der Waals surface area contributed by atoms with Crippen LogP contribution in [-0.2, 0) is 17.8 Å². The Kier molecular flexibility index (Phi) is 10.6. The fourth-order valence-electron chi connectivity index (χ4n) is 7.76. The lowest BCUT2D eigenvalue weighted by atomic mass is 9.71. The number of aromatic hydroxyl groups is 3. The number of aromatic nitrogens is 1. The highest BCUT2D eigenvalue weighted by Gasteiger charge is 2.44. The zero-order valence-corrected chi connectivity index (χ0v) is 26.5. The Bertz CT molecular complexity index is 1420. The summed E-state index contributed by atoms with van der Waals surface area (Å²) in [5.74, 6) is 0.194. The molecule has 1 saturated carbocycles. The van der Waals surface area contributed by atoms with E-state index in [-0.39, 0.29) is 53.9 Å². The lowest BCUT2D eigenvalue weighted by molar-refractivity contribution is -0.154. The fourth-order valence-corrected chi connectivity index (χ4v) is 7.76. The molecular formula is C36H48NO8-. The Morgan fingerprint density at radius 3 is 2.49 bits per heavy atom. The van der Waals surface area contributed by atoms with E-state index in [4.69, 9.17) is 9.47 Å². The van der Waals surface area contributed by atoms with E-state index in [1.54, 1.807) is 18.5 Å². The van der Waals surface area contributed by atoms with E-state index in [0.29, 0.717) is 36.3 Å². The Morgan fingerprint density at radius 1 is 1.02 bits per heavy atom. The molecule has 1 aliphatic carbocycles. The van der Waals surface area contributed by atoms with Gasteiger partial charge in [-0.2, -0.15) is 12.4 Å². The molecule has 0 spiro atoms. The summed E-state index contributed by atoms with van der Waals surface area (Å²) in [5, 5.41) is 63.9. The number of hydrogen-bond acceptors (Lipinski definition) is 8. The maximum Gasteiger partial charge on any atom is 0.201 e. The zero-order valence-electron chi connectivity index (χ0n) is 26.5. The van der Waals surface area contributed by atoms with Crippen LogP contribution in [0.1, 0.15) is 110 Å². The summed E-state index contributed by atoms with van der Waals surface area (Å²) in [6, 6.07) is 7.75. The number of aliphatic hydroxyl groups is 3. The molecule has 1 aromatic heterocycles. The lowest BCUT2D eigenvalue weighted by Crippen LogP contribution is -2.44. The molecule has 0 radical (unpaired) electrons. The van der Waals surface area contributed by atoms with Crippen molar-refractivity contribution in [3.05, 3.63) is 70.0 Å². The van der Waals surface area contributed by atoms with E-state index in [9.17, 15) is 30.6 Å². The number of phenols is 3. The first kappa shape index (κ1) is 33.1. The highest BCUT2D eigenvalue weighted by Crippen LogP contribution is 2.52. The quantitative estimate of drug-likeness (QED) is 0.143. The molecule has 6 atom stereocenters. The van der Waals surface area contributed by atoms with Crippen molar-refractivity contribution < 1.29 is 40.1 Å². The van der Waals surface area contributed by atoms with Crippen molar-refractivity contribution >= 4 is 0 Å². The van der Waals surface area contributed by atoms with Crippen LogP contribution in [0.4, 0.5) is 0 Å². The monoisotopic (exact) mass is 622 g/mol. The molecule has 6 N–H and O–H groups in total. The van der Waals surface area contributed by atoms with Crippen LogP contribution in [0.5, 0.6) is 23.0 Å². The van der Waals surface area contributed by atoms with Gasteiger partial charge in [-0.15, -0.1) is 0 Å². The van der Waals surface area contributed by atoms with Crippen molar-refractivity contribution in [1.29, 1.82) is 0 Å². The van der Waals surface area contributed by atoms with E-state index >= 15 is 0 Å². The van der Waals surface area contributed by atoms with E-state index in [0.717, 1.165) is 42.4 Å². The number of phenolic OH excluding ortho intramolecular Hbond substituents is 2. The molecule has 9 heteroatoms. The maximum absolute atomic E-state index is 11.4. The summed E-state index contributed by atoms with van der Waals surface area (Å²) >= 11 is 0. The molecule has 246 valence electrons. The van der Waals surface area contributed by atoms with Crippen LogP contribution < -0.4 is 9.72 Å². The molecule has 2 aromatic carbocycles. The van der Waals surface area contributed by atoms with Gasteiger partial charge in [-0.05, 0) is 85.5 Å². The molecule has 2 aliphatic rings. The maximum atomic E-state index is 11.4. The van der Waals surface area contributed by atoms with Gasteiger partial charge in [0.05, 0.1) is 32.0 Å². The highest BCUT2D eigenvalue weighted by atomic mass is 16.5. The minimum Gasteiger partial charge on any atom is -0.670 e.